The average Bonchev–Trinajstić information content (AvgIpc) is 2.28. The van der Waals surface area contributed by atoms with Crippen LogP contribution in [0.5, 0.6) is 5.75 Å². The van der Waals surface area contributed by atoms with Gasteiger partial charge in [0, 0.05) is 23.6 Å². The summed E-state index contributed by atoms with van der Waals surface area (Å²) in [5, 5.41) is 19.8. The van der Waals surface area contributed by atoms with E-state index in [1.807, 2.05) is 0 Å². The van der Waals surface area contributed by atoms with Crippen LogP contribution in [-0.2, 0) is 4.79 Å². The zero-order chi connectivity index (χ0) is 13.7. The van der Waals surface area contributed by atoms with Gasteiger partial charge in [0.15, 0.2) is 11.9 Å². The quantitative estimate of drug-likeness (QED) is 0.599. The first-order valence-corrected chi connectivity index (χ1v) is 5.37. The van der Waals surface area contributed by atoms with Gasteiger partial charge in [0.1, 0.15) is 0 Å². The Bertz CT molecular complexity index is 466. The van der Waals surface area contributed by atoms with Crippen LogP contribution in [0, 0.1) is 10.1 Å². The molecule has 18 heavy (non-hydrogen) atoms. The summed E-state index contributed by atoms with van der Waals surface area (Å²) < 4.78 is 5.08. The fourth-order valence-corrected chi connectivity index (χ4v) is 1.43. The van der Waals surface area contributed by atoms with Crippen molar-refractivity contribution in [1.82, 2.24) is 0 Å². The molecule has 1 atom stereocenters. The number of carbonyl (C=O) groups is 1. The zero-order valence-electron chi connectivity index (χ0n) is 9.21. The van der Waals surface area contributed by atoms with Crippen LogP contribution in [0.25, 0.3) is 0 Å². The normalized spacial score (nSPS) is 11.9. The third-order valence-electron chi connectivity index (χ3n) is 2.09. The molecule has 7 nitrogen and oxygen atoms in total. The van der Waals surface area contributed by atoms with Crippen LogP contribution in [0.1, 0.15) is 6.42 Å². The number of aliphatic carboxylic acids is 1. The molecular formula is C10H11ClN2O5. The Morgan fingerprint density at radius 1 is 1.61 bits per heavy atom. The van der Waals surface area contributed by atoms with Crippen molar-refractivity contribution in [2.75, 3.05) is 6.54 Å². The number of nitrogens with zero attached hydrogens (tertiary/aromatic N) is 1. The highest BCUT2D eigenvalue weighted by atomic mass is 35.5. The second-order valence-corrected chi connectivity index (χ2v) is 3.83. The highest BCUT2D eigenvalue weighted by Crippen LogP contribution is 2.31. The minimum absolute atomic E-state index is 0.0407. The lowest BCUT2D eigenvalue weighted by molar-refractivity contribution is -0.386. The van der Waals surface area contributed by atoms with Crippen molar-refractivity contribution in [2.24, 2.45) is 5.73 Å². The highest BCUT2D eigenvalue weighted by molar-refractivity contribution is 6.30. The highest BCUT2D eigenvalue weighted by Gasteiger charge is 2.23. The van der Waals surface area contributed by atoms with Crippen molar-refractivity contribution < 1.29 is 19.6 Å². The number of halogens is 1. The summed E-state index contributed by atoms with van der Waals surface area (Å²) in [4.78, 5) is 21.0. The maximum atomic E-state index is 10.9. The molecule has 3 N–H and O–H groups in total. The van der Waals surface area contributed by atoms with Crippen LogP contribution in [0.15, 0.2) is 18.2 Å². The molecule has 1 unspecified atom stereocenters. The molecule has 0 fully saturated rings. The summed E-state index contributed by atoms with van der Waals surface area (Å²) >= 11 is 5.69. The molecule has 1 aromatic carbocycles. The first kappa shape index (κ1) is 14.2. The summed E-state index contributed by atoms with van der Waals surface area (Å²) in [6.07, 6.45) is -1.20. The molecule has 0 heterocycles. The number of carboxylic acid groups (broad SMARTS) is 1. The Labute approximate surface area is 107 Å². The van der Waals surface area contributed by atoms with Crippen molar-refractivity contribution in [2.45, 2.75) is 12.5 Å². The molecule has 0 radical (unpaired) electrons. The standard InChI is InChI=1S/C10H11ClN2O5/c11-6-1-2-7(13(16)17)9(5-6)18-8(3-4-12)10(14)15/h1-2,5,8H,3-4,12H2,(H,14,15). The van der Waals surface area contributed by atoms with E-state index >= 15 is 0 Å². The van der Waals surface area contributed by atoms with Gasteiger partial charge in [0.05, 0.1) is 4.92 Å². The fourth-order valence-electron chi connectivity index (χ4n) is 1.27. The first-order valence-electron chi connectivity index (χ1n) is 4.99. The predicted molar refractivity (Wildman–Crippen MR) is 63.8 cm³/mol. The maximum Gasteiger partial charge on any atom is 0.344 e. The number of benzene rings is 1. The van der Waals surface area contributed by atoms with E-state index in [0.717, 1.165) is 6.07 Å². The molecule has 0 aromatic heterocycles. The molecule has 0 saturated heterocycles. The predicted octanol–water partition coefficient (Wildman–Crippen LogP) is 1.43. The third kappa shape index (κ3) is 3.57. The van der Waals surface area contributed by atoms with Gasteiger partial charge in [0.25, 0.3) is 0 Å². The van der Waals surface area contributed by atoms with Gasteiger partial charge in [-0.25, -0.2) is 4.79 Å². The van der Waals surface area contributed by atoms with Crippen molar-refractivity contribution in [3.63, 3.8) is 0 Å². The largest absolute Gasteiger partial charge is 0.479 e. The molecule has 1 aromatic rings. The summed E-state index contributed by atoms with van der Waals surface area (Å²) in [7, 11) is 0. The van der Waals surface area contributed by atoms with Crippen LogP contribution < -0.4 is 10.5 Å². The van der Waals surface area contributed by atoms with Gasteiger partial charge in [-0.05, 0) is 12.6 Å². The Hall–Kier alpha value is -1.86. The Balaban J connectivity index is 3.03. The maximum absolute atomic E-state index is 10.9. The zero-order valence-corrected chi connectivity index (χ0v) is 9.96. The van der Waals surface area contributed by atoms with Crippen molar-refractivity contribution in [3.05, 3.63) is 33.3 Å². The van der Waals surface area contributed by atoms with E-state index in [1.54, 1.807) is 0 Å². The van der Waals surface area contributed by atoms with Gasteiger partial charge in [-0.3, -0.25) is 10.1 Å². The molecule has 0 amide bonds. The summed E-state index contributed by atoms with van der Waals surface area (Å²) in [6, 6.07) is 3.68. The van der Waals surface area contributed by atoms with E-state index in [-0.39, 0.29) is 29.4 Å². The third-order valence-corrected chi connectivity index (χ3v) is 2.33. The molecule has 98 valence electrons. The first-order chi connectivity index (χ1) is 8.45. The van der Waals surface area contributed by atoms with E-state index in [4.69, 9.17) is 27.2 Å². The van der Waals surface area contributed by atoms with Crippen LogP contribution >= 0.6 is 11.6 Å². The number of rotatable bonds is 6. The monoisotopic (exact) mass is 274 g/mol. The van der Waals surface area contributed by atoms with Crippen LogP contribution in [-0.4, -0.2) is 28.6 Å². The summed E-state index contributed by atoms with van der Waals surface area (Å²) in [5.74, 6) is -1.43. The molecule has 0 aliphatic heterocycles. The number of nitro groups is 1. The summed E-state index contributed by atoms with van der Waals surface area (Å²) in [6.45, 7) is 0.0886. The smallest absolute Gasteiger partial charge is 0.344 e. The van der Waals surface area contributed by atoms with Gasteiger partial charge in [-0.2, -0.15) is 0 Å². The van der Waals surface area contributed by atoms with Crippen molar-refractivity contribution in [3.8, 4) is 5.75 Å². The Morgan fingerprint density at radius 3 is 2.78 bits per heavy atom. The van der Waals surface area contributed by atoms with Crippen LogP contribution in [0.2, 0.25) is 5.02 Å². The molecule has 1 rings (SSSR count). The summed E-state index contributed by atoms with van der Waals surface area (Å²) in [5.41, 5.74) is 4.90. The van der Waals surface area contributed by atoms with Gasteiger partial charge >= 0.3 is 11.7 Å². The molecule has 0 aliphatic carbocycles. The Morgan fingerprint density at radius 2 is 2.28 bits per heavy atom. The molecule has 0 saturated carbocycles. The van der Waals surface area contributed by atoms with Crippen molar-refractivity contribution >= 4 is 23.3 Å². The lowest BCUT2D eigenvalue weighted by atomic mass is 10.2. The van der Waals surface area contributed by atoms with E-state index in [2.05, 4.69) is 0 Å². The molecule has 0 spiro atoms. The number of hydrogen-bond acceptors (Lipinski definition) is 5. The van der Waals surface area contributed by atoms with E-state index in [0.29, 0.717) is 0 Å². The average molecular weight is 275 g/mol. The molecule has 8 heteroatoms. The Kier molecular flexibility index (Phi) is 4.87. The van der Waals surface area contributed by atoms with Gasteiger partial charge in [-0.1, -0.05) is 11.6 Å². The SMILES string of the molecule is NCCC(Oc1cc(Cl)ccc1[N+](=O)[O-])C(=O)O. The van der Waals surface area contributed by atoms with Crippen LogP contribution in [0.3, 0.4) is 0 Å². The topological polar surface area (TPSA) is 116 Å². The van der Waals surface area contributed by atoms with Gasteiger partial charge < -0.3 is 15.6 Å². The number of carboxylic acids is 1. The molecule has 0 bridgehead atoms. The van der Waals surface area contributed by atoms with Crippen LogP contribution in [0.4, 0.5) is 5.69 Å². The fraction of sp³-hybridized carbons (Fsp3) is 0.300. The van der Waals surface area contributed by atoms with E-state index < -0.39 is 17.0 Å². The van der Waals surface area contributed by atoms with Gasteiger partial charge in [0.2, 0.25) is 0 Å². The van der Waals surface area contributed by atoms with E-state index in [9.17, 15) is 14.9 Å². The number of hydrogen-bond donors (Lipinski definition) is 2. The number of nitro benzene ring substituents is 1. The molecule has 0 aliphatic rings. The second kappa shape index (κ2) is 6.18. The lowest BCUT2D eigenvalue weighted by Gasteiger charge is -2.14. The minimum atomic E-state index is -1.24. The molecular weight excluding hydrogens is 264 g/mol. The van der Waals surface area contributed by atoms with Crippen molar-refractivity contribution in [1.29, 1.82) is 0 Å². The number of nitrogens with two attached hydrogens (primary N) is 1. The number of ether oxygens (including phenoxy) is 1. The van der Waals surface area contributed by atoms with E-state index in [1.165, 1.54) is 12.1 Å². The lowest BCUT2D eigenvalue weighted by Crippen LogP contribution is -2.29. The van der Waals surface area contributed by atoms with Gasteiger partial charge in [-0.15, -0.1) is 0 Å². The minimum Gasteiger partial charge on any atom is -0.479 e. The second-order valence-electron chi connectivity index (χ2n) is 3.39.